The molecule has 116 valence electrons. The van der Waals surface area contributed by atoms with Crippen molar-refractivity contribution in [2.75, 3.05) is 33.4 Å². The first kappa shape index (κ1) is 15.6. The molecule has 21 heavy (non-hydrogen) atoms. The van der Waals surface area contributed by atoms with Crippen LogP contribution in [0.25, 0.3) is 0 Å². The highest BCUT2D eigenvalue weighted by Crippen LogP contribution is 2.28. The number of nitrogens with one attached hydrogen (secondary N) is 2. The molecule has 1 heterocycles. The smallest absolute Gasteiger partial charge is 0.251 e. The minimum atomic E-state index is -0.0673. The number of ether oxygens (including phenoxy) is 2. The highest BCUT2D eigenvalue weighted by atomic mass is 16.5. The molecule has 1 unspecified atom stereocenters. The van der Waals surface area contributed by atoms with Gasteiger partial charge in [-0.1, -0.05) is 0 Å². The minimum Gasteiger partial charge on any atom is -0.493 e. The zero-order valence-corrected chi connectivity index (χ0v) is 12.8. The van der Waals surface area contributed by atoms with E-state index in [0.29, 0.717) is 36.1 Å². The van der Waals surface area contributed by atoms with Gasteiger partial charge in [0.25, 0.3) is 5.91 Å². The van der Waals surface area contributed by atoms with Crippen LogP contribution in [0.4, 0.5) is 0 Å². The summed E-state index contributed by atoms with van der Waals surface area (Å²) >= 11 is 0. The summed E-state index contributed by atoms with van der Waals surface area (Å²) in [5.41, 5.74) is 0.597. The Kier molecular flexibility index (Phi) is 5.87. The molecule has 0 saturated carbocycles. The van der Waals surface area contributed by atoms with Crippen LogP contribution in [-0.4, -0.2) is 39.3 Å². The quantitative estimate of drug-likeness (QED) is 0.805. The highest BCUT2D eigenvalue weighted by Gasteiger charge is 2.15. The molecule has 0 radical (unpaired) electrons. The predicted molar refractivity (Wildman–Crippen MR) is 82.1 cm³/mol. The van der Waals surface area contributed by atoms with E-state index < -0.39 is 0 Å². The Morgan fingerprint density at radius 3 is 2.95 bits per heavy atom. The third-order valence-electron chi connectivity index (χ3n) is 3.73. The van der Waals surface area contributed by atoms with E-state index in [-0.39, 0.29) is 5.91 Å². The lowest BCUT2D eigenvalue weighted by atomic mass is 10.1. The molecule has 1 saturated heterocycles. The number of carbonyl (C=O) groups is 1. The van der Waals surface area contributed by atoms with E-state index in [0.717, 1.165) is 19.5 Å². The van der Waals surface area contributed by atoms with Crippen molar-refractivity contribution in [1.29, 1.82) is 0 Å². The van der Waals surface area contributed by atoms with Crippen molar-refractivity contribution in [3.63, 3.8) is 0 Å². The maximum Gasteiger partial charge on any atom is 0.251 e. The Balaban J connectivity index is 1.88. The summed E-state index contributed by atoms with van der Waals surface area (Å²) in [7, 11) is 1.58. The van der Waals surface area contributed by atoms with Gasteiger partial charge in [0.1, 0.15) is 0 Å². The van der Waals surface area contributed by atoms with Gasteiger partial charge < -0.3 is 20.1 Å². The molecule has 1 aliphatic heterocycles. The summed E-state index contributed by atoms with van der Waals surface area (Å²) in [6.07, 6.45) is 2.22. The van der Waals surface area contributed by atoms with Crippen LogP contribution in [0.1, 0.15) is 30.1 Å². The number of hydrogen-bond donors (Lipinski definition) is 2. The van der Waals surface area contributed by atoms with Crippen LogP contribution in [-0.2, 0) is 0 Å². The fraction of sp³-hybridized carbons (Fsp3) is 0.562. The summed E-state index contributed by atoms with van der Waals surface area (Å²) in [6.45, 7) is 5.34. The van der Waals surface area contributed by atoms with E-state index in [9.17, 15) is 4.79 Å². The first-order valence-corrected chi connectivity index (χ1v) is 7.54. The van der Waals surface area contributed by atoms with Crippen LogP contribution in [0.5, 0.6) is 11.5 Å². The maximum absolute atomic E-state index is 12.1. The summed E-state index contributed by atoms with van der Waals surface area (Å²) in [5, 5.41) is 6.30. The largest absolute Gasteiger partial charge is 0.493 e. The first-order valence-electron chi connectivity index (χ1n) is 7.54. The highest BCUT2D eigenvalue weighted by molar-refractivity contribution is 5.94. The Morgan fingerprint density at radius 1 is 1.43 bits per heavy atom. The summed E-state index contributed by atoms with van der Waals surface area (Å²) in [6, 6.07) is 5.26. The summed E-state index contributed by atoms with van der Waals surface area (Å²) < 4.78 is 10.7. The van der Waals surface area contributed by atoms with Crippen molar-refractivity contribution in [3.05, 3.63) is 23.8 Å². The second kappa shape index (κ2) is 7.88. The van der Waals surface area contributed by atoms with E-state index in [2.05, 4.69) is 10.6 Å². The van der Waals surface area contributed by atoms with Crippen LogP contribution >= 0.6 is 0 Å². The Hall–Kier alpha value is -1.75. The lowest BCUT2D eigenvalue weighted by Crippen LogP contribution is -2.26. The van der Waals surface area contributed by atoms with Crippen molar-refractivity contribution < 1.29 is 14.3 Å². The molecule has 1 atom stereocenters. The van der Waals surface area contributed by atoms with Crippen molar-refractivity contribution in [1.82, 2.24) is 10.6 Å². The van der Waals surface area contributed by atoms with Crippen LogP contribution < -0.4 is 20.1 Å². The van der Waals surface area contributed by atoms with Gasteiger partial charge >= 0.3 is 0 Å². The molecule has 5 nitrogen and oxygen atoms in total. The molecule has 1 amide bonds. The van der Waals surface area contributed by atoms with Crippen LogP contribution in [0.2, 0.25) is 0 Å². The lowest BCUT2D eigenvalue weighted by Gasteiger charge is -2.12. The number of carbonyl (C=O) groups excluding carboxylic acids is 1. The molecule has 2 rings (SSSR count). The van der Waals surface area contributed by atoms with Gasteiger partial charge in [0.15, 0.2) is 11.5 Å². The third-order valence-corrected chi connectivity index (χ3v) is 3.73. The average Bonchev–Trinajstić information content (AvgIpc) is 3.01. The second-order valence-electron chi connectivity index (χ2n) is 5.20. The molecule has 2 N–H and O–H groups in total. The molecule has 0 bridgehead atoms. The van der Waals surface area contributed by atoms with E-state index in [1.165, 1.54) is 6.42 Å². The molecular formula is C16H24N2O3. The van der Waals surface area contributed by atoms with E-state index in [1.807, 2.05) is 6.92 Å². The van der Waals surface area contributed by atoms with Gasteiger partial charge in [-0.2, -0.15) is 0 Å². The topological polar surface area (TPSA) is 59.6 Å². The van der Waals surface area contributed by atoms with Gasteiger partial charge in [0.05, 0.1) is 13.7 Å². The fourth-order valence-corrected chi connectivity index (χ4v) is 2.54. The normalized spacial score (nSPS) is 17.5. The van der Waals surface area contributed by atoms with Gasteiger partial charge in [-0.3, -0.25) is 4.79 Å². The maximum atomic E-state index is 12.1. The molecule has 1 aromatic carbocycles. The van der Waals surface area contributed by atoms with Gasteiger partial charge in [0.2, 0.25) is 0 Å². The van der Waals surface area contributed by atoms with Gasteiger partial charge in [-0.25, -0.2) is 0 Å². The van der Waals surface area contributed by atoms with E-state index in [1.54, 1.807) is 25.3 Å². The average molecular weight is 292 g/mol. The van der Waals surface area contributed by atoms with Crippen LogP contribution in [0.3, 0.4) is 0 Å². The summed E-state index contributed by atoms with van der Waals surface area (Å²) in [4.78, 5) is 12.1. The predicted octanol–water partition coefficient (Wildman–Crippen LogP) is 1.82. The van der Waals surface area contributed by atoms with Crippen molar-refractivity contribution in [3.8, 4) is 11.5 Å². The lowest BCUT2D eigenvalue weighted by molar-refractivity contribution is 0.0951. The number of rotatable bonds is 7. The zero-order chi connectivity index (χ0) is 15.1. The number of benzene rings is 1. The molecule has 1 fully saturated rings. The van der Waals surface area contributed by atoms with Gasteiger partial charge in [-0.05, 0) is 57.0 Å². The Morgan fingerprint density at radius 2 is 2.29 bits per heavy atom. The first-order chi connectivity index (χ1) is 10.2. The molecule has 5 heteroatoms. The monoisotopic (exact) mass is 292 g/mol. The van der Waals surface area contributed by atoms with Crippen LogP contribution in [0.15, 0.2) is 18.2 Å². The van der Waals surface area contributed by atoms with E-state index in [4.69, 9.17) is 9.47 Å². The molecule has 0 spiro atoms. The number of methoxy groups -OCH3 is 1. The van der Waals surface area contributed by atoms with Crippen molar-refractivity contribution in [2.24, 2.45) is 5.92 Å². The Labute approximate surface area is 126 Å². The summed E-state index contributed by atoms with van der Waals surface area (Å²) in [5.74, 6) is 1.86. The molecule has 0 aliphatic carbocycles. The standard InChI is InChI=1S/C16H24N2O3/c1-3-21-14-5-4-13(10-15(14)20-2)16(19)18-9-7-12-6-8-17-11-12/h4-5,10,12,17H,3,6-9,11H2,1-2H3,(H,18,19). The molecule has 0 aromatic heterocycles. The SMILES string of the molecule is CCOc1ccc(C(=O)NCCC2CCNC2)cc1OC. The minimum absolute atomic E-state index is 0.0673. The van der Waals surface area contributed by atoms with Crippen molar-refractivity contribution in [2.45, 2.75) is 19.8 Å². The van der Waals surface area contributed by atoms with Crippen LogP contribution in [0, 0.1) is 5.92 Å². The molecular weight excluding hydrogens is 268 g/mol. The third kappa shape index (κ3) is 4.36. The second-order valence-corrected chi connectivity index (χ2v) is 5.20. The number of hydrogen-bond acceptors (Lipinski definition) is 4. The molecule has 1 aromatic rings. The fourth-order valence-electron chi connectivity index (χ4n) is 2.54. The number of amides is 1. The van der Waals surface area contributed by atoms with E-state index >= 15 is 0 Å². The molecule has 1 aliphatic rings. The van der Waals surface area contributed by atoms with Gasteiger partial charge in [-0.15, -0.1) is 0 Å². The van der Waals surface area contributed by atoms with Crippen molar-refractivity contribution >= 4 is 5.91 Å². The zero-order valence-electron chi connectivity index (χ0n) is 12.8. The van der Waals surface area contributed by atoms with Gasteiger partial charge in [0, 0.05) is 12.1 Å². The Bertz CT molecular complexity index is 471.